The van der Waals surface area contributed by atoms with Gasteiger partial charge in [-0.05, 0) is 18.2 Å². The molecule has 1 aliphatic heterocycles. The van der Waals surface area contributed by atoms with Gasteiger partial charge in [0.15, 0.2) is 0 Å². The lowest BCUT2D eigenvalue weighted by Crippen LogP contribution is -2.25. The van der Waals surface area contributed by atoms with E-state index in [2.05, 4.69) is 5.32 Å². The van der Waals surface area contributed by atoms with Crippen molar-refractivity contribution in [3.05, 3.63) is 23.8 Å². The number of aliphatic carboxylic acids is 1. The van der Waals surface area contributed by atoms with Crippen LogP contribution in [-0.2, 0) is 9.59 Å². The smallest absolute Gasteiger partial charge is 0.309 e. The summed E-state index contributed by atoms with van der Waals surface area (Å²) in [6.45, 7) is 0. The van der Waals surface area contributed by atoms with Crippen LogP contribution in [0.4, 0.5) is 0 Å². The molecule has 2 rings (SSSR count). The predicted octanol–water partition coefficient (Wildman–Crippen LogP) is 0.966. The molecule has 6 heteroatoms. The molecule has 1 fully saturated rings. The molecule has 6 nitrogen and oxygen atoms in total. The normalized spacial score (nSPS) is 21.9. The first-order valence-corrected chi connectivity index (χ1v) is 5.81. The molecule has 1 heterocycles. The van der Waals surface area contributed by atoms with Gasteiger partial charge in [-0.25, -0.2) is 0 Å². The van der Waals surface area contributed by atoms with Gasteiger partial charge in [-0.2, -0.15) is 0 Å². The molecule has 1 aliphatic rings. The number of benzene rings is 1. The van der Waals surface area contributed by atoms with Crippen molar-refractivity contribution in [1.29, 1.82) is 0 Å². The van der Waals surface area contributed by atoms with E-state index in [-0.39, 0.29) is 12.3 Å². The molecular weight excluding hydrogens is 250 g/mol. The highest BCUT2D eigenvalue weighted by Crippen LogP contribution is 2.37. The van der Waals surface area contributed by atoms with E-state index in [4.69, 9.17) is 9.47 Å². The fourth-order valence-corrected chi connectivity index (χ4v) is 2.26. The van der Waals surface area contributed by atoms with Crippen LogP contribution in [0.5, 0.6) is 11.5 Å². The number of ether oxygens (including phenoxy) is 2. The Hall–Kier alpha value is -2.24. The van der Waals surface area contributed by atoms with Crippen LogP contribution in [0.2, 0.25) is 0 Å². The maximum Gasteiger partial charge on any atom is 0.309 e. The third-order valence-electron chi connectivity index (χ3n) is 3.21. The highest BCUT2D eigenvalue weighted by Gasteiger charge is 2.40. The molecule has 2 N–H and O–H groups in total. The largest absolute Gasteiger partial charge is 0.497 e. The molecule has 1 amide bonds. The van der Waals surface area contributed by atoms with Crippen molar-refractivity contribution in [3.8, 4) is 11.5 Å². The number of hydrogen-bond donors (Lipinski definition) is 2. The van der Waals surface area contributed by atoms with E-state index < -0.39 is 17.9 Å². The highest BCUT2D eigenvalue weighted by molar-refractivity contribution is 5.87. The molecule has 102 valence electrons. The van der Waals surface area contributed by atoms with Gasteiger partial charge in [-0.1, -0.05) is 0 Å². The first kappa shape index (κ1) is 13.2. The summed E-state index contributed by atoms with van der Waals surface area (Å²) in [6.07, 6.45) is -0.0274. The average molecular weight is 265 g/mol. The molecule has 0 aliphatic carbocycles. The van der Waals surface area contributed by atoms with Gasteiger partial charge in [0.05, 0.1) is 26.2 Å². The molecular formula is C13H15NO5. The molecule has 1 aromatic carbocycles. The van der Waals surface area contributed by atoms with Crippen LogP contribution >= 0.6 is 0 Å². The number of carboxylic acid groups (broad SMARTS) is 1. The fraction of sp³-hybridized carbons (Fsp3) is 0.385. The van der Waals surface area contributed by atoms with Crippen LogP contribution in [0.15, 0.2) is 18.2 Å². The van der Waals surface area contributed by atoms with E-state index in [0.29, 0.717) is 17.1 Å². The second-order valence-corrected chi connectivity index (χ2v) is 4.30. The van der Waals surface area contributed by atoms with Gasteiger partial charge < -0.3 is 19.9 Å². The minimum Gasteiger partial charge on any atom is -0.497 e. The summed E-state index contributed by atoms with van der Waals surface area (Å²) in [5.41, 5.74) is 0.611. The molecule has 1 saturated heterocycles. The Morgan fingerprint density at radius 2 is 2.11 bits per heavy atom. The number of rotatable bonds is 4. The van der Waals surface area contributed by atoms with Crippen molar-refractivity contribution >= 4 is 11.9 Å². The predicted molar refractivity (Wildman–Crippen MR) is 66.2 cm³/mol. The molecule has 0 saturated carbocycles. The molecule has 0 radical (unpaired) electrons. The monoisotopic (exact) mass is 265 g/mol. The summed E-state index contributed by atoms with van der Waals surface area (Å²) < 4.78 is 10.3. The summed E-state index contributed by atoms with van der Waals surface area (Å²) >= 11 is 0. The molecule has 2 unspecified atom stereocenters. The number of amides is 1. The third-order valence-corrected chi connectivity index (χ3v) is 3.21. The maximum atomic E-state index is 11.4. The second kappa shape index (κ2) is 5.17. The molecule has 19 heavy (non-hydrogen) atoms. The first-order chi connectivity index (χ1) is 9.06. The van der Waals surface area contributed by atoms with Gasteiger partial charge in [-0.3, -0.25) is 9.59 Å². The van der Waals surface area contributed by atoms with E-state index in [1.54, 1.807) is 18.2 Å². The number of methoxy groups -OCH3 is 2. The molecule has 2 atom stereocenters. The molecule has 1 aromatic rings. The van der Waals surface area contributed by atoms with E-state index in [1.807, 2.05) is 0 Å². The van der Waals surface area contributed by atoms with Gasteiger partial charge in [0.25, 0.3) is 0 Å². The average Bonchev–Trinajstić information content (AvgIpc) is 2.80. The minimum absolute atomic E-state index is 0.0274. The fourth-order valence-electron chi connectivity index (χ4n) is 2.26. The second-order valence-electron chi connectivity index (χ2n) is 4.30. The first-order valence-electron chi connectivity index (χ1n) is 5.81. The zero-order valence-electron chi connectivity index (χ0n) is 10.7. The Morgan fingerprint density at radius 1 is 1.37 bits per heavy atom. The lowest BCUT2D eigenvalue weighted by Gasteiger charge is -2.19. The van der Waals surface area contributed by atoms with Gasteiger partial charge >= 0.3 is 5.97 Å². The number of hydrogen-bond acceptors (Lipinski definition) is 4. The Morgan fingerprint density at radius 3 is 2.68 bits per heavy atom. The van der Waals surface area contributed by atoms with E-state index in [9.17, 15) is 14.7 Å². The van der Waals surface area contributed by atoms with Crippen LogP contribution in [-0.4, -0.2) is 31.2 Å². The Labute approximate surface area is 110 Å². The minimum atomic E-state index is -1.01. The Bertz CT molecular complexity index is 514. The van der Waals surface area contributed by atoms with Gasteiger partial charge in [0, 0.05) is 12.0 Å². The number of carbonyl (C=O) groups is 2. The summed E-state index contributed by atoms with van der Waals surface area (Å²) in [4.78, 5) is 22.7. The standard InChI is InChI=1S/C13H15NO5/c1-18-7-3-4-10(19-2)8(5-7)12-9(13(16)17)6-11(15)14-12/h3-5,9,12H,6H2,1-2H3,(H,14,15)(H,16,17). The van der Waals surface area contributed by atoms with Crippen molar-refractivity contribution in [2.45, 2.75) is 12.5 Å². The van der Waals surface area contributed by atoms with E-state index >= 15 is 0 Å². The Balaban J connectivity index is 2.43. The Kier molecular flexibility index (Phi) is 3.59. The van der Waals surface area contributed by atoms with Gasteiger partial charge in [-0.15, -0.1) is 0 Å². The van der Waals surface area contributed by atoms with Gasteiger partial charge in [0.2, 0.25) is 5.91 Å². The number of carbonyl (C=O) groups excluding carboxylic acids is 1. The van der Waals surface area contributed by atoms with Crippen LogP contribution < -0.4 is 14.8 Å². The lowest BCUT2D eigenvalue weighted by molar-refractivity contribution is -0.142. The zero-order chi connectivity index (χ0) is 14.0. The lowest BCUT2D eigenvalue weighted by atomic mass is 9.93. The van der Waals surface area contributed by atoms with Crippen LogP contribution in [0.1, 0.15) is 18.0 Å². The van der Waals surface area contributed by atoms with Crippen molar-refractivity contribution in [1.82, 2.24) is 5.32 Å². The number of nitrogens with one attached hydrogen (secondary N) is 1. The highest BCUT2D eigenvalue weighted by atomic mass is 16.5. The molecule has 0 spiro atoms. The van der Waals surface area contributed by atoms with Gasteiger partial charge in [0.1, 0.15) is 11.5 Å². The quantitative estimate of drug-likeness (QED) is 0.847. The van der Waals surface area contributed by atoms with Crippen molar-refractivity contribution in [3.63, 3.8) is 0 Å². The summed E-state index contributed by atoms with van der Waals surface area (Å²) in [6, 6.07) is 4.49. The van der Waals surface area contributed by atoms with E-state index in [1.165, 1.54) is 14.2 Å². The van der Waals surface area contributed by atoms with Crippen LogP contribution in [0, 0.1) is 5.92 Å². The SMILES string of the molecule is COc1ccc(OC)c(C2NC(=O)CC2C(=O)O)c1. The molecule has 0 bridgehead atoms. The van der Waals surface area contributed by atoms with Crippen molar-refractivity contribution in [2.75, 3.05) is 14.2 Å². The third kappa shape index (κ3) is 2.47. The zero-order valence-corrected chi connectivity index (χ0v) is 10.7. The topological polar surface area (TPSA) is 84.9 Å². The maximum absolute atomic E-state index is 11.4. The van der Waals surface area contributed by atoms with Crippen molar-refractivity contribution in [2.24, 2.45) is 5.92 Å². The molecule has 0 aromatic heterocycles. The van der Waals surface area contributed by atoms with E-state index in [0.717, 1.165) is 0 Å². The van der Waals surface area contributed by atoms with Crippen molar-refractivity contribution < 1.29 is 24.2 Å². The van der Waals surface area contributed by atoms with Crippen LogP contribution in [0.25, 0.3) is 0 Å². The number of carboxylic acids is 1. The summed E-state index contributed by atoms with van der Waals surface area (Å²) in [5.74, 6) is -0.968. The summed E-state index contributed by atoms with van der Waals surface area (Å²) in [7, 11) is 3.02. The summed E-state index contributed by atoms with van der Waals surface area (Å²) in [5, 5.41) is 11.9. The van der Waals surface area contributed by atoms with Crippen LogP contribution in [0.3, 0.4) is 0 Å².